The van der Waals surface area contributed by atoms with Gasteiger partial charge in [0, 0.05) is 43.7 Å². The fourth-order valence-corrected chi connectivity index (χ4v) is 2.77. The van der Waals surface area contributed by atoms with Crippen molar-refractivity contribution in [3.05, 3.63) is 35.8 Å². The Labute approximate surface area is 176 Å². The van der Waals surface area contributed by atoms with Crippen LogP contribution in [-0.4, -0.2) is 44.2 Å². The summed E-state index contributed by atoms with van der Waals surface area (Å²) < 4.78 is 18.0. The van der Waals surface area contributed by atoms with Crippen molar-refractivity contribution in [1.29, 1.82) is 0 Å². The minimum absolute atomic E-state index is 0. The predicted molar refractivity (Wildman–Crippen MR) is 117 cm³/mol. The number of benzene rings is 1. The van der Waals surface area contributed by atoms with Gasteiger partial charge < -0.3 is 20.4 Å². The lowest BCUT2D eigenvalue weighted by Crippen LogP contribution is -2.38. The summed E-state index contributed by atoms with van der Waals surface area (Å²) in [5.41, 5.74) is 2.01. The first-order valence-electron chi connectivity index (χ1n) is 8.91. The Morgan fingerprint density at radius 2 is 2.00 bits per heavy atom. The highest BCUT2D eigenvalue weighted by Crippen LogP contribution is 2.19. The highest BCUT2D eigenvalue weighted by Gasteiger charge is 2.05. The largest absolute Gasteiger partial charge is 0.469 e. The summed E-state index contributed by atoms with van der Waals surface area (Å²) in [6.07, 6.45) is 5.90. The minimum Gasteiger partial charge on any atom is -0.469 e. The normalized spacial score (nSPS) is 11.1. The molecule has 0 spiro atoms. The number of aromatic nitrogens is 1. The number of carbonyl (C=O) groups excluding carboxylic acids is 1. The lowest BCUT2D eigenvalue weighted by atomic mass is 10.1. The van der Waals surface area contributed by atoms with Gasteiger partial charge >= 0.3 is 5.97 Å². The Morgan fingerprint density at radius 3 is 2.74 bits per heavy atom. The van der Waals surface area contributed by atoms with E-state index in [-0.39, 0.29) is 35.8 Å². The number of hydrogen-bond acceptors (Lipinski definition) is 3. The van der Waals surface area contributed by atoms with Gasteiger partial charge in [0.25, 0.3) is 0 Å². The van der Waals surface area contributed by atoms with E-state index in [9.17, 15) is 9.18 Å². The number of H-pyrrole nitrogens is 1. The molecular weight excluding hydrogens is 462 g/mol. The molecule has 27 heavy (non-hydrogen) atoms. The summed E-state index contributed by atoms with van der Waals surface area (Å²) in [6.45, 7) is 1.49. The molecule has 0 amide bonds. The van der Waals surface area contributed by atoms with Crippen molar-refractivity contribution in [3.8, 4) is 0 Å². The van der Waals surface area contributed by atoms with Crippen LogP contribution in [0.15, 0.2) is 29.4 Å². The smallest absolute Gasteiger partial charge is 0.305 e. The molecule has 0 radical (unpaired) electrons. The van der Waals surface area contributed by atoms with Gasteiger partial charge in [-0.1, -0.05) is 6.42 Å². The van der Waals surface area contributed by atoms with E-state index in [1.165, 1.54) is 13.2 Å². The molecule has 0 fully saturated rings. The number of guanidine groups is 1. The summed E-state index contributed by atoms with van der Waals surface area (Å²) in [5.74, 6) is 0.354. The van der Waals surface area contributed by atoms with E-state index in [1.807, 2.05) is 6.20 Å². The molecule has 3 N–H and O–H groups in total. The van der Waals surface area contributed by atoms with Crippen LogP contribution in [-0.2, 0) is 16.0 Å². The lowest BCUT2D eigenvalue weighted by molar-refractivity contribution is -0.140. The van der Waals surface area contributed by atoms with Gasteiger partial charge in [-0.15, -0.1) is 24.0 Å². The van der Waals surface area contributed by atoms with Gasteiger partial charge in [0.05, 0.1) is 7.11 Å². The maximum absolute atomic E-state index is 13.4. The number of unbranched alkanes of at least 4 members (excludes halogenated alkanes) is 2. The molecule has 0 saturated heterocycles. The third kappa shape index (κ3) is 7.74. The van der Waals surface area contributed by atoms with E-state index in [4.69, 9.17) is 0 Å². The second-order valence-corrected chi connectivity index (χ2v) is 6.07. The third-order valence-electron chi connectivity index (χ3n) is 4.22. The quantitative estimate of drug-likeness (QED) is 0.166. The SMILES string of the molecule is CN=C(NCCCCCC(=O)OC)NCCc1c[nH]c2ccc(F)cc12.I. The molecule has 6 nitrogen and oxygen atoms in total. The molecule has 2 rings (SSSR count). The molecule has 0 unspecified atom stereocenters. The van der Waals surface area contributed by atoms with Gasteiger partial charge in [0.2, 0.25) is 0 Å². The molecule has 1 aromatic heterocycles. The summed E-state index contributed by atoms with van der Waals surface area (Å²) in [4.78, 5) is 18.4. The van der Waals surface area contributed by atoms with Crippen LogP contribution in [0.5, 0.6) is 0 Å². The zero-order valence-electron chi connectivity index (χ0n) is 15.8. The van der Waals surface area contributed by atoms with Gasteiger partial charge in [0.15, 0.2) is 5.96 Å². The predicted octanol–water partition coefficient (Wildman–Crippen LogP) is 3.37. The van der Waals surface area contributed by atoms with E-state index < -0.39 is 0 Å². The van der Waals surface area contributed by atoms with Gasteiger partial charge in [-0.3, -0.25) is 9.79 Å². The Kier molecular flexibility index (Phi) is 10.8. The first-order valence-corrected chi connectivity index (χ1v) is 8.91. The van der Waals surface area contributed by atoms with Crippen LogP contribution in [0.1, 0.15) is 31.2 Å². The van der Waals surface area contributed by atoms with E-state index in [0.717, 1.165) is 54.7 Å². The van der Waals surface area contributed by atoms with Gasteiger partial charge in [-0.2, -0.15) is 0 Å². The number of fused-ring (bicyclic) bond motifs is 1. The van der Waals surface area contributed by atoms with Crippen molar-refractivity contribution in [2.45, 2.75) is 32.1 Å². The highest BCUT2D eigenvalue weighted by atomic mass is 127. The molecule has 0 atom stereocenters. The molecule has 0 bridgehead atoms. The Hall–Kier alpha value is -1.84. The molecule has 0 aliphatic carbocycles. The number of aromatic amines is 1. The van der Waals surface area contributed by atoms with Crippen LogP contribution in [0.4, 0.5) is 4.39 Å². The van der Waals surface area contributed by atoms with Crippen LogP contribution in [0.25, 0.3) is 10.9 Å². The fourth-order valence-electron chi connectivity index (χ4n) is 2.77. The summed E-state index contributed by atoms with van der Waals surface area (Å²) in [7, 11) is 3.14. The average Bonchev–Trinajstić information content (AvgIpc) is 3.04. The Morgan fingerprint density at radius 1 is 1.22 bits per heavy atom. The van der Waals surface area contributed by atoms with E-state index >= 15 is 0 Å². The lowest BCUT2D eigenvalue weighted by Gasteiger charge is -2.11. The number of esters is 1. The van der Waals surface area contributed by atoms with E-state index in [0.29, 0.717) is 13.0 Å². The number of nitrogens with one attached hydrogen (secondary N) is 3. The first-order chi connectivity index (χ1) is 12.6. The van der Waals surface area contributed by atoms with Crippen molar-refractivity contribution in [3.63, 3.8) is 0 Å². The molecule has 1 aromatic carbocycles. The zero-order chi connectivity index (χ0) is 18.8. The molecular formula is C19H28FIN4O2. The number of carbonyl (C=O) groups is 1. The molecule has 1 heterocycles. The number of halogens is 2. The van der Waals surface area contributed by atoms with Crippen molar-refractivity contribution < 1.29 is 13.9 Å². The number of ether oxygens (including phenoxy) is 1. The number of aliphatic imine (C=N–C) groups is 1. The van der Waals surface area contributed by atoms with Crippen molar-refractivity contribution in [2.75, 3.05) is 27.2 Å². The number of nitrogens with zero attached hydrogens (tertiary/aromatic N) is 1. The minimum atomic E-state index is -0.226. The van der Waals surface area contributed by atoms with Crippen LogP contribution >= 0.6 is 24.0 Å². The second kappa shape index (κ2) is 12.5. The van der Waals surface area contributed by atoms with Crippen LogP contribution < -0.4 is 10.6 Å². The zero-order valence-corrected chi connectivity index (χ0v) is 18.1. The van der Waals surface area contributed by atoms with Gasteiger partial charge in [-0.05, 0) is 43.0 Å². The average molecular weight is 490 g/mol. The van der Waals surface area contributed by atoms with E-state index in [1.54, 1.807) is 19.2 Å². The number of rotatable bonds is 9. The first kappa shape index (κ1) is 23.2. The molecule has 8 heteroatoms. The van der Waals surface area contributed by atoms with Gasteiger partial charge in [0.1, 0.15) is 5.82 Å². The fraction of sp³-hybridized carbons (Fsp3) is 0.474. The number of hydrogen-bond donors (Lipinski definition) is 3. The topological polar surface area (TPSA) is 78.5 Å². The number of methoxy groups -OCH3 is 1. The molecule has 2 aromatic rings. The van der Waals surface area contributed by atoms with Gasteiger partial charge in [-0.25, -0.2) is 4.39 Å². The van der Waals surface area contributed by atoms with Crippen LogP contribution in [0.2, 0.25) is 0 Å². The van der Waals surface area contributed by atoms with Crippen molar-refractivity contribution >= 4 is 46.8 Å². The highest BCUT2D eigenvalue weighted by molar-refractivity contribution is 14.0. The molecule has 0 aliphatic heterocycles. The third-order valence-corrected chi connectivity index (χ3v) is 4.22. The van der Waals surface area contributed by atoms with Crippen LogP contribution in [0, 0.1) is 5.82 Å². The molecule has 150 valence electrons. The summed E-state index contributed by atoms with van der Waals surface area (Å²) >= 11 is 0. The second-order valence-electron chi connectivity index (χ2n) is 6.07. The summed E-state index contributed by atoms with van der Waals surface area (Å²) in [5, 5.41) is 7.43. The van der Waals surface area contributed by atoms with Crippen LogP contribution in [0.3, 0.4) is 0 Å². The van der Waals surface area contributed by atoms with Crippen molar-refractivity contribution in [1.82, 2.24) is 15.6 Å². The van der Waals surface area contributed by atoms with E-state index in [2.05, 4.69) is 25.3 Å². The standard InChI is InChI=1S/C19H27FN4O2.HI/c1-21-19(22-10-5-3-4-6-18(25)26-2)23-11-9-14-13-24-17-8-7-15(20)12-16(14)17;/h7-8,12-13,24H,3-6,9-11H2,1-2H3,(H2,21,22,23);1H. The maximum atomic E-state index is 13.4. The van der Waals surface area contributed by atoms with Crippen molar-refractivity contribution in [2.24, 2.45) is 4.99 Å². The Bertz CT molecular complexity index is 748. The Balaban J connectivity index is 0.00000364. The maximum Gasteiger partial charge on any atom is 0.305 e. The monoisotopic (exact) mass is 490 g/mol. The summed E-state index contributed by atoms with van der Waals surface area (Å²) in [6, 6.07) is 4.77. The molecule has 0 saturated carbocycles. The molecule has 0 aliphatic rings.